The number of benzene rings is 1. The van der Waals surface area contributed by atoms with E-state index in [2.05, 4.69) is 6.07 Å². The summed E-state index contributed by atoms with van der Waals surface area (Å²) in [6.45, 7) is 0. The van der Waals surface area contributed by atoms with Gasteiger partial charge in [-0.3, -0.25) is 4.79 Å². The highest BCUT2D eigenvalue weighted by Gasteiger charge is 2.61. The molecule has 24 heavy (non-hydrogen) atoms. The monoisotopic (exact) mass is 345 g/mol. The van der Waals surface area contributed by atoms with Gasteiger partial charge in [0.05, 0.1) is 24.2 Å². The van der Waals surface area contributed by atoms with Crippen molar-refractivity contribution >= 4 is 17.6 Å². The van der Waals surface area contributed by atoms with Crippen LogP contribution >= 0.6 is 11.6 Å². The van der Waals surface area contributed by atoms with Gasteiger partial charge in [-0.05, 0) is 62.5 Å². The Bertz CT molecular complexity index is 725. The van der Waals surface area contributed by atoms with E-state index in [0.717, 1.165) is 25.7 Å². The van der Waals surface area contributed by atoms with Crippen molar-refractivity contribution in [3.05, 3.63) is 23.8 Å². The third kappa shape index (κ3) is 2.46. The highest BCUT2D eigenvalue weighted by atomic mass is 35.5. The average Bonchev–Trinajstić information content (AvgIpc) is 2.52. The van der Waals surface area contributed by atoms with Crippen molar-refractivity contribution in [3.63, 3.8) is 0 Å². The van der Waals surface area contributed by atoms with Crippen LogP contribution < -0.4 is 9.47 Å². The fraction of sp³-hybridized carbons (Fsp3) is 0.579. The maximum atomic E-state index is 13.0. The lowest BCUT2D eigenvalue weighted by atomic mass is 9.49. The van der Waals surface area contributed by atoms with E-state index in [0.29, 0.717) is 35.3 Å². The van der Waals surface area contributed by atoms with Crippen LogP contribution in [0.3, 0.4) is 0 Å². The molecule has 4 aliphatic rings. The molecule has 4 nitrogen and oxygen atoms in total. The van der Waals surface area contributed by atoms with Gasteiger partial charge in [-0.1, -0.05) is 0 Å². The molecule has 0 aliphatic heterocycles. The first-order chi connectivity index (χ1) is 11.5. The molecule has 0 amide bonds. The molecule has 0 heterocycles. The summed E-state index contributed by atoms with van der Waals surface area (Å²) < 4.78 is 11.0. The lowest BCUT2D eigenvalue weighted by Crippen LogP contribution is -2.56. The molecule has 5 heteroatoms. The lowest BCUT2D eigenvalue weighted by molar-refractivity contribution is -0.160. The molecule has 1 aromatic rings. The second-order valence-corrected chi connectivity index (χ2v) is 8.56. The number of hydrogen-bond donors (Lipinski definition) is 0. The second kappa shape index (κ2) is 5.39. The molecule has 0 spiro atoms. The number of alkyl halides is 1. The number of halogens is 1. The van der Waals surface area contributed by atoms with E-state index in [4.69, 9.17) is 26.3 Å². The standard InChI is InChI=1S/C19H20ClNO3/c1-23-16-5-12(10-21)2-3-15(16)24-17(22)18-6-13-4-14(7-18)9-19(20,8-13)11-18/h2-3,5,13-14H,4,6-9,11H2,1H3/t13-,14+,18?,19?. The normalized spacial score (nSPS) is 36.2. The van der Waals surface area contributed by atoms with Crippen LogP contribution in [0.25, 0.3) is 0 Å². The minimum atomic E-state index is -0.454. The maximum Gasteiger partial charge on any atom is 0.317 e. The molecule has 4 bridgehead atoms. The molecular weight excluding hydrogens is 326 g/mol. The number of carbonyl (C=O) groups is 1. The predicted octanol–water partition coefficient (Wildman–Crippen LogP) is 4.05. The van der Waals surface area contributed by atoms with Gasteiger partial charge in [0.15, 0.2) is 11.5 Å². The zero-order valence-corrected chi connectivity index (χ0v) is 14.4. The molecule has 4 atom stereocenters. The van der Waals surface area contributed by atoms with Crippen molar-refractivity contribution in [1.82, 2.24) is 0 Å². The Labute approximate surface area is 146 Å². The fourth-order valence-electron chi connectivity index (χ4n) is 5.42. The van der Waals surface area contributed by atoms with Crippen molar-refractivity contribution in [1.29, 1.82) is 5.26 Å². The van der Waals surface area contributed by atoms with Crippen LogP contribution in [0.1, 0.15) is 44.1 Å². The highest BCUT2D eigenvalue weighted by Crippen LogP contribution is 2.64. The molecule has 4 aliphatic carbocycles. The molecular formula is C19H20ClNO3. The van der Waals surface area contributed by atoms with Crippen LogP contribution in [0, 0.1) is 28.6 Å². The van der Waals surface area contributed by atoms with E-state index in [-0.39, 0.29) is 10.8 Å². The van der Waals surface area contributed by atoms with E-state index in [1.807, 2.05) is 0 Å². The van der Waals surface area contributed by atoms with E-state index < -0.39 is 5.41 Å². The fourth-order valence-corrected chi connectivity index (χ4v) is 6.11. The van der Waals surface area contributed by atoms with Crippen molar-refractivity contribution in [3.8, 4) is 17.6 Å². The highest BCUT2D eigenvalue weighted by molar-refractivity contribution is 6.24. The quantitative estimate of drug-likeness (QED) is 0.471. The summed E-state index contributed by atoms with van der Waals surface area (Å²) in [5, 5.41) is 8.98. The van der Waals surface area contributed by atoms with Gasteiger partial charge in [-0.25, -0.2) is 0 Å². The third-order valence-electron chi connectivity index (χ3n) is 5.92. The first kappa shape index (κ1) is 15.8. The summed E-state index contributed by atoms with van der Waals surface area (Å²) >= 11 is 6.80. The van der Waals surface area contributed by atoms with Crippen molar-refractivity contribution in [2.24, 2.45) is 17.3 Å². The molecule has 0 N–H and O–H groups in total. The minimum absolute atomic E-state index is 0.190. The Hall–Kier alpha value is -1.73. The van der Waals surface area contributed by atoms with Gasteiger partial charge in [0.1, 0.15) is 0 Å². The summed E-state index contributed by atoms with van der Waals surface area (Å²) in [5.74, 6) is 1.68. The van der Waals surface area contributed by atoms with Crippen LogP contribution in [-0.4, -0.2) is 18.0 Å². The van der Waals surface area contributed by atoms with Crippen LogP contribution in [0.2, 0.25) is 0 Å². The number of nitrogens with zero attached hydrogens (tertiary/aromatic N) is 1. The Morgan fingerprint density at radius 3 is 2.54 bits per heavy atom. The molecule has 0 saturated heterocycles. The molecule has 4 saturated carbocycles. The van der Waals surface area contributed by atoms with Crippen LogP contribution in [-0.2, 0) is 4.79 Å². The molecule has 2 unspecified atom stereocenters. The van der Waals surface area contributed by atoms with E-state index in [1.54, 1.807) is 18.2 Å². The number of esters is 1. The van der Waals surface area contributed by atoms with Gasteiger partial charge in [0.25, 0.3) is 0 Å². The molecule has 1 aromatic carbocycles. The second-order valence-electron chi connectivity index (χ2n) is 7.76. The summed E-state index contributed by atoms with van der Waals surface area (Å²) in [5.41, 5.74) is 0.0197. The molecule has 0 aromatic heterocycles. The summed E-state index contributed by atoms with van der Waals surface area (Å²) in [6.07, 6.45) is 5.74. The lowest BCUT2D eigenvalue weighted by Gasteiger charge is -2.58. The van der Waals surface area contributed by atoms with Crippen LogP contribution in [0.5, 0.6) is 11.5 Å². The molecule has 4 fully saturated rings. The first-order valence-corrected chi connectivity index (χ1v) is 8.82. The zero-order chi connectivity index (χ0) is 16.9. The Morgan fingerprint density at radius 1 is 1.25 bits per heavy atom. The van der Waals surface area contributed by atoms with E-state index in [9.17, 15) is 4.79 Å². The topological polar surface area (TPSA) is 59.3 Å². The number of nitriles is 1. The van der Waals surface area contributed by atoms with Gasteiger partial charge < -0.3 is 9.47 Å². The SMILES string of the molecule is COc1cc(C#N)ccc1OC(=O)C12C[C@@H]3C[C@@H](CC(Cl)(C3)C1)C2. The summed E-state index contributed by atoms with van der Waals surface area (Å²) in [6, 6.07) is 6.91. The number of rotatable bonds is 3. The Kier molecular flexibility index (Phi) is 3.54. The van der Waals surface area contributed by atoms with E-state index >= 15 is 0 Å². The number of carbonyl (C=O) groups excluding carboxylic acids is 1. The third-order valence-corrected chi connectivity index (χ3v) is 6.36. The predicted molar refractivity (Wildman–Crippen MR) is 89.0 cm³/mol. The van der Waals surface area contributed by atoms with Crippen molar-refractivity contribution < 1.29 is 14.3 Å². The average molecular weight is 346 g/mol. The number of ether oxygens (including phenoxy) is 2. The Balaban J connectivity index is 1.60. The Morgan fingerprint density at radius 2 is 1.96 bits per heavy atom. The summed E-state index contributed by atoms with van der Waals surface area (Å²) in [4.78, 5) is 12.8. The van der Waals surface area contributed by atoms with Gasteiger partial charge >= 0.3 is 5.97 Å². The van der Waals surface area contributed by atoms with Crippen molar-refractivity contribution in [2.75, 3.05) is 7.11 Å². The number of methoxy groups -OCH3 is 1. The zero-order valence-electron chi connectivity index (χ0n) is 13.7. The van der Waals surface area contributed by atoms with Gasteiger partial charge in [0, 0.05) is 10.9 Å². The van der Waals surface area contributed by atoms with E-state index in [1.165, 1.54) is 13.5 Å². The number of hydrogen-bond acceptors (Lipinski definition) is 4. The molecule has 5 rings (SSSR count). The smallest absolute Gasteiger partial charge is 0.317 e. The maximum absolute atomic E-state index is 13.0. The van der Waals surface area contributed by atoms with Crippen molar-refractivity contribution in [2.45, 2.75) is 43.4 Å². The first-order valence-electron chi connectivity index (χ1n) is 8.45. The minimum Gasteiger partial charge on any atom is -0.493 e. The van der Waals surface area contributed by atoms with Gasteiger partial charge in [-0.2, -0.15) is 5.26 Å². The van der Waals surface area contributed by atoms with Crippen LogP contribution in [0.4, 0.5) is 0 Å². The van der Waals surface area contributed by atoms with Gasteiger partial charge in [-0.15, -0.1) is 11.6 Å². The molecule has 126 valence electrons. The van der Waals surface area contributed by atoms with Gasteiger partial charge in [0.2, 0.25) is 0 Å². The largest absolute Gasteiger partial charge is 0.493 e. The summed E-state index contributed by atoms with van der Waals surface area (Å²) in [7, 11) is 1.51. The van der Waals surface area contributed by atoms with Crippen LogP contribution in [0.15, 0.2) is 18.2 Å². The molecule has 0 radical (unpaired) electrons.